The molecule has 0 spiro atoms. The van der Waals surface area contributed by atoms with Gasteiger partial charge in [-0.2, -0.15) is 0 Å². The van der Waals surface area contributed by atoms with Crippen LogP contribution in [-0.4, -0.2) is 42.0 Å². The standard InChI is InChI=1S/C27H36Cl2N2O4/c1-6-18(4)30-27(33)19(5)31(17-21-9-12-22(28)23(29)15-21)26(32)14-11-20-10-13-24(34-7-2)25(16-20)35-8-3/h9-10,12-13,15-16,18-19H,6-8,11,14,17H2,1-5H3,(H,30,33)/t18-,19-/m0/s1. The van der Waals surface area contributed by atoms with Gasteiger partial charge in [0.05, 0.1) is 23.3 Å². The maximum absolute atomic E-state index is 13.4. The number of nitrogens with one attached hydrogen (secondary N) is 1. The summed E-state index contributed by atoms with van der Waals surface area (Å²) in [5, 5.41) is 3.82. The van der Waals surface area contributed by atoms with E-state index in [1.165, 1.54) is 0 Å². The third-order valence-electron chi connectivity index (χ3n) is 5.74. The zero-order valence-electron chi connectivity index (χ0n) is 21.2. The second kappa shape index (κ2) is 14.2. The topological polar surface area (TPSA) is 67.9 Å². The zero-order valence-corrected chi connectivity index (χ0v) is 22.7. The normalized spacial score (nSPS) is 12.5. The molecular formula is C27H36Cl2N2O4. The van der Waals surface area contributed by atoms with Crippen molar-refractivity contribution in [1.82, 2.24) is 10.2 Å². The van der Waals surface area contributed by atoms with Crippen molar-refractivity contribution in [3.63, 3.8) is 0 Å². The molecule has 0 saturated carbocycles. The van der Waals surface area contributed by atoms with Crippen molar-refractivity contribution in [3.05, 3.63) is 57.6 Å². The first kappa shape index (κ1) is 28.8. The maximum atomic E-state index is 13.4. The number of carbonyl (C=O) groups is 2. The minimum Gasteiger partial charge on any atom is -0.490 e. The van der Waals surface area contributed by atoms with Gasteiger partial charge in [0, 0.05) is 19.0 Å². The predicted molar refractivity (Wildman–Crippen MR) is 141 cm³/mol. The highest BCUT2D eigenvalue weighted by molar-refractivity contribution is 6.42. The Hall–Kier alpha value is -2.44. The lowest BCUT2D eigenvalue weighted by molar-refractivity contribution is -0.140. The number of aryl methyl sites for hydroxylation is 1. The third-order valence-corrected chi connectivity index (χ3v) is 6.48. The van der Waals surface area contributed by atoms with Gasteiger partial charge in [-0.25, -0.2) is 0 Å². The molecule has 0 radical (unpaired) electrons. The molecular weight excluding hydrogens is 487 g/mol. The fourth-order valence-corrected chi connectivity index (χ4v) is 3.85. The summed E-state index contributed by atoms with van der Waals surface area (Å²) in [6.07, 6.45) is 1.55. The molecule has 8 heteroatoms. The molecule has 0 fully saturated rings. The van der Waals surface area contributed by atoms with Crippen LogP contribution in [-0.2, 0) is 22.6 Å². The van der Waals surface area contributed by atoms with Gasteiger partial charge in [-0.05, 0) is 75.9 Å². The van der Waals surface area contributed by atoms with Crippen LogP contribution in [0.1, 0.15) is 58.6 Å². The highest BCUT2D eigenvalue weighted by Gasteiger charge is 2.27. The van der Waals surface area contributed by atoms with Crippen LogP contribution < -0.4 is 14.8 Å². The van der Waals surface area contributed by atoms with Crippen LogP contribution in [0, 0.1) is 0 Å². The van der Waals surface area contributed by atoms with Gasteiger partial charge in [0.25, 0.3) is 0 Å². The Balaban J connectivity index is 2.21. The fraction of sp³-hybridized carbons (Fsp3) is 0.481. The average molecular weight is 524 g/mol. The summed E-state index contributed by atoms with van der Waals surface area (Å²) in [7, 11) is 0. The maximum Gasteiger partial charge on any atom is 0.242 e. The Morgan fingerprint density at radius 3 is 2.20 bits per heavy atom. The van der Waals surface area contributed by atoms with Crippen LogP contribution in [0.4, 0.5) is 0 Å². The van der Waals surface area contributed by atoms with Crippen molar-refractivity contribution >= 4 is 35.0 Å². The number of amides is 2. The Kier molecular flexibility index (Phi) is 11.7. The molecule has 2 atom stereocenters. The van der Waals surface area contributed by atoms with Gasteiger partial charge in [-0.1, -0.05) is 42.3 Å². The molecule has 2 aromatic carbocycles. The van der Waals surface area contributed by atoms with Gasteiger partial charge in [-0.15, -0.1) is 0 Å². The molecule has 0 unspecified atom stereocenters. The summed E-state index contributed by atoms with van der Waals surface area (Å²) >= 11 is 12.2. The van der Waals surface area contributed by atoms with Gasteiger partial charge < -0.3 is 19.7 Å². The van der Waals surface area contributed by atoms with E-state index in [9.17, 15) is 9.59 Å². The first-order valence-electron chi connectivity index (χ1n) is 12.1. The van der Waals surface area contributed by atoms with E-state index in [0.717, 1.165) is 17.5 Å². The Morgan fingerprint density at radius 1 is 0.914 bits per heavy atom. The smallest absolute Gasteiger partial charge is 0.242 e. The fourth-order valence-electron chi connectivity index (χ4n) is 3.53. The summed E-state index contributed by atoms with van der Waals surface area (Å²) < 4.78 is 11.3. The Bertz CT molecular complexity index is 999. The van der Waals surface area contributed by atoms with Crippen molar-refractivity contribution in [2.24, 2.45) is 0 Å². The lowest BCUT2D eigenvalue weighted by Gasteiger charge is -2.30. The molecule has 1 N–H and O–H groups in total. The van der Waals surface area contributed by atoms with Gasteiger partial charge in [0.15, 0.2) is 11.5 Å². The van der Waals surface area contributed by atoms with Gasteiger partial charge in [-0.3, -0.25) is 9.59 Å². The number of ether oxygens (including phenoxy) is 2. The van der Waals surface area contributed by atoms with E-state index >= 15 is 0 Å². The van der Waals surface area contributed by atoms with E-state index in [-0.39, 0.29) is 30.8 Å². The summed E-state index contributed by atoms with van der Waals surface area (Å²) in [5.74, 6) is 1.02. The van der Waals surface area contributed by atoms with Crippen molar-refractivity contribution < 1.29 is 19.1 Å². The molecule has 0 saturated heterocycles. The van der Waals surface area contributed by atoms with Crippen LogP contribution in [0.25, 0.3) is 0 Å². The summed E-state index contributed by atoms with van der Waals surface area (Å²) in [4.78, 5) is 27.9. The second-order valence-corrected chi connectivity index (χ2v) is 9.23. The molecule has 0 aliphatic heterocycles. The van der Waals surface area contributed by atoms with Gasteiger partial charge >= 0.3 is 0 Å². The molecule has 192 valence electrons. The highest BCUT2D eigenvalue weighted by atomic mass is 35.5. The molecule has 2 amide bonds. The molecule has 0 aliphatic rings. The number of benzene rings is 2. The van der Waals surface area contributed by atoms with Gasteiger partial charge in [0.2, 0.25) is 11.8 Å². The lowest BCUT2D eigenvalue weighted by Crippen LogP contribution is -2.49. The number of hydrogen-bond acceptors (Lipinski definition) is 4. The Morgan fingerprint density at radius 2 is 1.57 bits per heavy atom. The Labute approximate surface area is 218 Å². The molecule has 0 aromatic heterocycles. The molecule has 0 aliphatic carbocycles. The van der Waals surface area contributed by atoms with E-state index in [1.807, 2.05) is 52.0 Å². The van der Waals surface area contributed by atoms with Crippen molar-refractivity contribution in [2.75, 3.05) is 13.2 Å². The highest BCUT2D eigenvalue weighted by Crippen LogP contribution is 2.29. The van der Waals surface area contributed by atoms with Crippen LogP contribution in [0.2, 0.25) is 10.0 Å². The van der Waals surface area contributed by atoms with E-state index in [0.29, 0.717) is 41.2 Å². The van der Waals surface area contributed by atoms with Crippen molar-refractivity contribution in [1.29, 1.82) is 0 Å². The minimum absolute atomic E-state index is 0.0210. The second-order valence-electron chi connectivity index (χ2n) is 8.41. The van der Waals surface area contributed by atoms with Crippen molar-refractivity contribution in [3.8, 4) is 11.5 Å². The van der Waals surface area contributed by atoms with E-state index < -0.39 is 6.04 Å². The van der Waals surface area contributed by atoms with E-state index in [1.54, 1.807) is 24.0 Å². The summed E-state index contributed by atoms with van der Waals surface area (Å²) in [5.41, 5.74) is 1.76. The number of rotatable bonds is 13. The number of hydrogen-bond donors (Lipinski definition) is 1. The average Bonchev–Trinajstić information content (AvgIpc) is 2.84. The SMILES string of the molecule is CCOc1ccc(CCC(=O)N(Cc2ccc(Cl)c(Cl)c2)[C@@H](C)C(=O)N[C@@H](C)CC)cc1OCC. The summed E-state index contributed by atoms with van der Waals surface area (Å²) in [6.45, 7) is 10.8. The number of halogens is 2. The summed E-state index contributed by atoms with van der Waals surface area (Å²) in [6, 6.07) is 10.3. The minimum atomic E-state index is -0.648. The third kappa shape index (κ3) is 8.62. The first-order valence-corrected chi connectivity index (χ1v) is 12.9. The predicted octanol–water partition coefficient (Wildman–Crippen LogP) is 6.06. The quantitative estimate of drug-likeness (QED) is 0.347. The molecule has 0 bridgehead atoms. The van der Waals surface area contributed by atoms with Crippen LogP contribution in [0.15, 0.2) is 36.4 Å². The lowest BCUT2D eigenvalue weighted by atomic mass is 10.1. The largest absolute Gasteiger partial charge is 0.490 e. The number of nitrogens with zero attached hydrogens (tertiary/aromatic N) is 1. The monoisotopic (exact) mass is 522 g/mol. The molecule has 35 heavy (non-hydrogen) atoms. The molecule has 6 nitrogen and oxygen atoms in total. The van der Waals surface area contributed by atoms with Crippen LogP contribution >= 0.6 is 23.2 Å². The van der Waals surface area contributed by atoms with E-state index in [2.05, 4.69) is 5.32 Å². The zero-order chi connectivity index (χ0) is 26.0. The van der Waals surface area contributed by atoms with Crippen LogP contribution in [0.3, 0.4) is 0 Å². The van der Waals surface area contributed by atoms with Gasteiger partial charge in [0.1, 0.15) is 6.04 Å². The van der Waals surface area contributed by atoms with Crippen LogP contribution in [0.5, 0.6) is 11.5 Å². The molecule has 0 heterocycles. The van der Waals surface area contributed by atoms with Crippen molar-refractivity contribution in [2.45, 2.75) is 72.5 Å². The number of carbonyl (C=O) groups excluding carboxylic acids is 2. The first-order chi connectivity index (χ1) is 16.7. The molecule has 2 aromatic rings. The molecule has 2 rings (SSSR count). The van der Waals surface area contributed by atoms with E-state index in [4.69, 9.17) is 32.7 Å².